The molecule has 0 aliphatic heterocycles. The van der Waals surface area contributed by atoms with Gasteiger partial charge < -0.3 is 5.11 Å². The SMILES string of the molecule is CCC(C)(O)Cn1cnc(-c2ccc([N+](=O)[O-])cc2)n1. The minimum absolute atomic E-state index is 0.0297. The lowest BCUT2D eigenvalue weighted by Gasteiger charge is -2.20. The fourth-order valence-corrected chi connectivity index (χ4v) is 1.70. The molecule has 7 heteroatoms. The van der Waals surface area contributed by atoms with Gasteiger partial charge in [0.05, 0.1) is 17.1 Å². The summed E-state index contributed by atoms with van der Waals surface area (Å²) < 4.78 is 1.57. The Kier molecular flexibility index (Phi) is 3.80. The molecule has 2 aromatic rings. The van der Waals surface area contributed by atoms with E-state index in [-0.39, 0.29) is 5.69 Å². The Morgan fingerprint density at radius 2 is 2.05 bits per heavy atom. The van der Waals surface area contributed by atoms with Crippen LogP contribution in [-0.2, 0) is 6.54 Å². The van der Waals surface area contributed by atoms with Crippen LogP contribution in [-0.4, -0.2) is 30.4 Å². The van der Waals surface area contributed by atoms with Gasteiger partial charge in [-0.25, -0.2) is 9.67 Å². The molecule has 1 N–H and O–H groups in total. The minimum Gasteiger partial charge on any atom is -0.388 e. The smallest absolute Gasteiger partial charge is 0.269 e. The zero-order chi connectivity index (χ0) is 14.8. The molecule has 20 heavy (non-hydrogen) atoms. The molecule has 0 aliphatic carbocycles. The van der Waals surface area contributed by atoms with Gasteiger partial charge in [-0.05, 0) is 25.5 Å². The van der Waals surface area contributed by atoms with Crippen LogP contribution in [0.2, 0.25) is 0 Å². The number of nitrogens with zero attached hydrogens (tertiary/aromatic N) is 4. The number of rotatable bonds is 5. The lowest BCUT2D eigenvalue weighted by Crippen LogP contribution is -2.29. The van der Waals surface area contributed by atoms with Crippen LogP contribution in [0.3, 0.4) is 0 Å². The van der Waals surface area contributed by atoms with Crippen molar-refractivity contribution in [2.75, 3.05) is 0 Å². The molecule has 1 heterocycles. The Balaban J connectivity index is 2.18. The predicted molar refractivity (Wildman–Crippen MR) is 73.0 cm³/mol. The van der Waals surface area contributed by atoms with Crippen molar-refractivity contribution in [3.8, 4) is 11.4 Å². The van der Waals surface area contributed by atoms with Gasteiger partial charge in [-0.2, -0.15) is 5.10 Å². The third-order valence-corrected chi connectivity index (χ3v) is 3.14. The topological polar surface area (TPSA) is 94.1 Å². The quantitative estimate of drug-likeness (QED) is 0.666. The van der Waals surface area contributed by atoms with Gasteiger partial charge >= 0.3 is 0 Å². The van der Waals surface area contributed by atoms with Gasteiger partial charge in [-0.3, -0.25) is 10.1 Å². The fourth-order valence-electron chi connectivity index (χ4n) is 1.70. The zero-order valence-corrected chi connectivity index (χ0v) is 11.4. The maximum Gasteiger partial charge on any atom is 0.269 e. The van der Waals surface area contributed by atoms with E-state index in [1.807, 2.05) is 6.92 Å². The highest BCUT2D eigenvalue weighted by Crippen LogP contribution is 2.19. The molecule has 0 saturated heterocycles. The van der Waals surface area contributed by atoms with Crippen LogP contribution >= 0.6 is 0 Å². The van der Waals surface area contributed by atoms with E-state index in [1.165, 1.54) is 12.1 Å². The number of aromatic nitrogens is 3. The number of aliphatic hydroxyl groups is 1. The number of benzene rings is 1. The summed E-state index contributed by atoms with van der Waals surface area (Å²) >= 11 is 0. The second-order valence-electron chi connectivity index (χ2n) is 4.92. The second kappa shape index (κ2) is 5.38. The van der Waals surface area contributed by atoms with Gasteiger partial charge in [-0.1, -0.05) is 6.92 Å². The Morgan fingerprint density at radius 3 is 2.60 bits per heavy atom. The first-order chi connectivity index (χ1) is 9.41. The van der Waals surface area contributed by atoms with Crippen molar-refractivity contribution in [2.45, 2.75) is 32.4 Å². The van der Waals surface area contributed by atoms with Gasteiger partial charge in [0.25, 0.3) is 5.69 Å². The van der Waals surface area contributed by atoms with Crippen LogP contribution in [0.4, 0.5) is 5.69 Å². The second-order valence-corrected chi connectivity index (χ2v) is 4.92. The summed E-state index contributed by atoms with van der Waals surface area (Å²) in [7, 11) is 0. The Morgan fingerprint density at radius 1 is 1.40 bits per heavy atom. The molecule has 0 spiro atoms. The molecular weight excluding hydrogens is 260 g/mol. The van der Waals surface area contributed by atoms with Gasteiger partial charge in [0.2, 0.25) is 0 Å². The maximum atomic E-state index is 10.6. The first-order valence-corrected chi connectivity index (χ1v) is 6.28. The molecule has 0 saturated carbocycles. The van der Waals surface area contributed by atoms with E-state index in [9.17, 15) is 15.2 Å². The number of nitro benzene ring substituents is 1. The largest absolute Gasteiger partial charge is 0.388 e. The third-order valence-electron chi connectivity index (χ3n) is 3.14. The summed E-state index contributed by atoms with van der Waals surface area (Å²) in [4.78, 5) is 14.3. The summed E-state index contributed by atoms with van der Waals surface area (Å²) in [5.74, 6) is 0.479. The molecule has 1 aromatic carbocycles. The Labute approximate surface area is 116 Å². The van der Waals surface area contributed by atoms with E-state index in [1.54, 1.807) is 30.1 Å². The van der Waals surface area contributed by atoms with E-state index in [0.29, 0.717) is 24.4 Å². The maximum absolute atomic E-state index is 10.6. The number of non-ortho nitro benzene ring substituents is 1. The lowest BCUT2D eigenvalue weighted by molar-refractivity contribution is -0.384. The monoisotopic (exact) mass is 276 g/mol. The molecule has 0 radical (unpaired) electrons. The highest BCUT2D eigenvalue weighted by atomic mass is 16.6. The van der Waals surface area contributed by atoms with Gasteiger partial charge in [0, 0.05) is 17.7 Å². The molecule has 1 unspecified atom stereocenters. The first kappa shape index (κ1) is 14.1. The van der Waals surface area contributed by atoms with Crippen molar-refractivity contribution < 1.29 is 10.0 Å². The molecule has 7 nitrogen and oxygen atoms in total. The zero-order valence-electron chi connectivity index (χ0n) is 11.4. The number of hydrogen-bond acceptors (Lipinski definition) is 5. The van der Waals surface area contributed by atoms with Crippen molar-refractivity contribution in [1.29, 1.82) is 0 Å². The predicted octanol–water partition coefficient (Wildman–Crippen LogP) is 2.01. The molecule has 2 rings (SSSR count). The Bertz CT molecular complexity index is 604. The van der Waals surface area contributed by atoms with Crippen LogP contribution < -0.4 is 0 Å². The normalized spacial score (nSPS) is 13.9. The molecule has 106 valence electrons. The van der Waals surface area contributed by atoms with Crippen LogP contribution in [0.25, 0.3) is 11.4 Å². The van der Waals surface area contributed by atoms with Gasteiger partial charge in [0.1, 0.15) is 6.33 Å². The van der Waals surface area contributed by atoms with E-state index in [2.05, 4.69) is 10.1 Å². The van der Waals surface area contributed by atoms with Crippen LogP contribution in [0.5, 0.6) is 0 Å². The van der Waals surface area contributed by atoms with E-state index in [4.69, 9.17) is 0 Å². The fraction of sp³-hybridized carbons (Fsp3) is 0.385. The van der Waals surface area contributed by atoms with Crippen LogP contribution in [0.15, 0.2) is 30.6 Å². The van der Waals surface area contributed by atoms with E-state index < -0.39 is 10.5 Å². The molecular formula is C13H16N4O3. The molecule has 0 amide bonds. The van der Waals surface area contributed by atoms with E-state index >= 15 is 0 Å². The first-order valence-electron chi connectivity index (χ1n) is 6.28. The van der Waals surface area contributed by atoms with Gasteiger partial charge in [-0.15, -0.1) is 0 Å². The highest BCUT2D eigenvalue weighted by molar-refractivity contribution is 5.56. The van der Waals surface area contributed by atoms with E-state index in [0.717, 1.165) is 0 Å². The van der Waals surface area contributed by atoms with Crippen LogP contribution in [0, 0.1) is 10.1 Å². The number of hydrogen-bond donors (Lipinski definition) is 1. The highest BCUT2D eigenvalue weighted by Gasteiger charge is 2.19. The molecule has 1 atom stereocenters. The minimum atomic E-state index is -0.833. The summed E-state index contributed by atoms with van der Waals surface area (Å²) in [6.45, 7) is 3.98. The average Bonchev–Trinajstić information content (AvgIpc) is 2.86. The summed E-state index contributed by atoms with van der Waals surface area (Å²) in [5, 5.41) is 24.8. The molecule has 0 aliphatic rings. The standard InChI is InChI=1S/C13H16N4O3/c1-3-13(2,18)8-16-9-14-12(15-16)10-4-6-11(7-5-10)17(19)20/h4-7,9,18H,3,8H2,1-2H3. The van der Waals surface area contributed by atoms with Gasteiger partial charge in [0.15, 0.2) is 5.82 Å². The molecule has 1 aromatic heterocycles. The average molecular weight is 276 g/mol. The Hall–Kier alpha value is -2.28. The van der Waals surface area contributed by atoms with Crippen molar-refractivity contribution in [2.24, 2.45) is 0 Å². The van der Waals surface area contributed by atoms with Crippen molar-refractivity contribution in [1.82, 2.24) is 14.8 Å². The summed E-state index contributed by atoms with van der Waals surface area (Å²) in [5.41, 5.74) is -0.104. The molecule has 0 fully saturated rings. The summed E-state index contributed by atoms with van der Waals surface area (Å²) in [6.07, 6.45) is 2.15. The van der Waals surface area contributed by atoms with Crippen LogP contribution in [0.1, 0.15) is 20.3 Å². The number of nitro groups is 1. The van der Waals surface area contributed by atoms with Crippen molar-refractivity contribution in [3.05, 3.63) is 40.7 Å². The van der Waals surface area contributed by atoms with Crippen molar-refractivity contribution >= 4 is 5.69 Å². The lowest BCUT2D eigenvalue weighted by atomic mass is 10.0. The summed E-state index contributed by atoms with van der Waals surface area (Å²) in [6, 6.07) is 6.04. The molecule has 0 bridgehead atoms. The third kappa shape index (κ3) is 3.18. The van der Waals surface area contributed by atoms with Crippen molar-refractivity contribution in [3.63, 3.8) is 0 Å².